The van der Waals surface area contributed by atoms with Crippen LogP contribution < -0.4 is 4.74 Å². The maximum absolute atomic E-state index is 13.9. The normalized spacial score (nSPS) is 18.2. The van der Waals surface area contributed by atoms with Crippen LogP contribution in [0.5, 0.6) is 5.75 Å². The van der Waals surface area contributed by atoms with E-state index in [1.54, 1.807) is 6.07 Å². The second-order valence-electron chi connectivity index (χ2n) is 9.71. The van der Waals surface area contributed by atoms with Gasteiger partial charge in [0, 0.05) is 6.54 Å². The van der Waals surface area contributed by atoms with Gasteiger partial charge in [-0.2, -0.15) is 0 Å². The zero-order valence-corrected chi connectivity index (χ0v) is 19.4. The third kappa shape index (κ3) is 4.06. The largest absolute Gasteiger partial charge is 0.493 e. The number of hydrogen-bond acceptors (Lipinski definition) is 3. The third-order valence-electron chi connectivity index (χ3n) is 5.93. The zero-order valence-electron chi connectivity index (χ0n) is 19.4. The van der Waals surface area contributed by atoms with E-state index in [1.807, 2.05) is 57.2 Å². The molecular weight excluding hydrogens is 390 g/mol. The SMILES string of the molecule is CCOc1cc(C(C)(C)C)ccc1C(=O)N1Cc2ccccc2C1(CC(C)C)C(=O)O. The van der Waals surface area contributed by atoms with Crippen LogP contribution in [0, 0.1) is 5.92 Å². The Balaban J connectivity index is 2.15. The summed E-state index contributed by atoms with van der Waals surface area (Å²) in [5.74, 6) is -0.723. The van der Waals surface area contributed by atoms with Gasteiger partial charge < -0.3 is 14.7 Å². The second kappa shape index (κ2) is 8.37. The van der Waals surface area contributed by atoms with E-state index in [4.69, 9.17) is 4.74 Å². The lowest BCUT2D eigenvalue weighted by atomic mass is 9.81. The van der Waals surface area contributed by atoms with E-state index in [2.05, 4.69) is 20.8 Å². The van der Waals surface area contributed by atoms with Crippen LogP contribution in [-0.4, -0.2) is 28.5 Å². The Morgan fingerprint density at radius 1 is 1.16 bits per heavy atom. The van der Waals surface area contributed by atoms with Gasteiger partial charge in [-0.25, -0.2) is 4.79 Å². The fourth-order valence-electron chi connectivity index (χ4n) is 4.47. The fourth-order valence-corrected chi connectivity index (χ4v) is 4.47. The second-order valence-corrected chi connectivity index (χ2v) is 9.71. The van der Waals surface area contributed by atoms with E-state index in [1.165, 1.54) is 4.90 Å². The molecule has 0 fully saturated rings. The summed E-state index contributed by atoms with van der Waals surface area (Å²) >= 11 is 0. The summed E-state index contributed by atoms with van der Waals surface area (Å²) in [6, 6.07) is 13.1. The van der Waals surface area contributed by atoms with Gasteiger partial charge in [-0.1, -0.05) is 65.0 Å². The number of hydrogen-bond donors (Lipinski definition) is 1. The third-order valence-corrected chi connectivity index (χ3v) is 5.93. The van der Waals surface area contributed by atoms with Crippen LogP contribution in [-0.2, 0) is 22.3 Å². The first-order chi connectivity index (χ1) is 14.5. The number of aliphatic carboxylic acids is 1. The van der Waals surface area contributed by atoms with Crippen molar-refractivity contribution in [3.8, 4) is 5.75 Å². The number of fused-ring (bicyclic) bond motifs is 1. The predicted molar refractivity (Wildman–Crippen MR) is 121 cm³/mol. The maximum Gasteiger partial charge on any atom is 0.334 e. The van der Waals surface area contributed by atoms with Gasteiger partial charge >= 0.3 is 5.97 Å². The van der Waals surface area contributed by atoms with Gasteiger partial charge in [-0.3, -0.25) is 4.79 Å². The van der Waals surface area contributed by atoms with Gasteiger partial charge in [0.15, 0.2) is 5.54 Å². The van der Waals surface area contributed by atoms with Crippen molar-refractivity contribution in [2.75, 3.05) is 6.61 Å². The Morgan fingerprint density at radius 2 is 1.84 bits per heavy atom. The van der Waals surface area contributed by atoms with Gasteiger partial charge in [0.05, 0.1) is 12.2 Å². The molecule has 31 heavy (non-hydrogen) atoms. The van der Waals surface area contributed by atoms with Crippen LogP contribution in [0.25, 0.3) is 0 Å². The average molecular weight is 424 g/mol. The number of rotatable bonds is 6. The molecule has 1 unspecified atom stereocenters. The van der Waals surface area contributed by atoms with Gasteiger partial charge in [0.25, 0.3) is 5.91 Å². The number of nitrogens with zero attached hydrogens (tertiary/aromatic N) is 1. The van der Waals surface area contributed by atoms with Gasteiger partial charge in [0.1, 0.15) is 5.75 Å². The highest BCUT2D eigenvalue weighted by atomic mass is 16.5. The average Bonchev–Trinajstić information content (AvgIpc) is 3.02. The standard InChI is InChI=1S/C26H33NO4/c1-7-31-22-14-19(25(4,5)6)12-13-20(22)23(28)27-16-18-10-8-9-11-21(18)26(27,24(29)30)15-17(2)3/h8-14,17H,7,15-16H2,1-6H3,(H,29,30). The van der Waals surface area contributed by atoms with Crippen molar-refractivity contribution in [1.82, 2.24) is 4.90 Å². The molecule has 166 valence electrons. The molecule has 1 atom stereocenters. The van der Waals surface area contributed by atoms with Gasteiger partial charge in [0.2, 0.25) is 0 Å². The van der Waals surface area contributed by atoms with Crippen molar-refractivity contribution < 1.29 is 19.4 Å². The smallest absolute Gasteiger partial charge is 0.334 e. The highest BCUT2D eigenvalue weighted by molar-refractivity contribution is 6.01. The maximum atomic E-state index is 13.9. The highest BCUT2D eigenvalue weighted by Gasteiger charge is 2.54. The molecule has 1 aliphatic rings. The molecule has 0 spiro atoms. The van der Waals surface area contributed by atoms with E-state index in [-0.39, 0.29) is 23.8 Å². The monoisotopic (exact) mass is 423 g/mol. The Morgan fingerprint density at radius 3 is 2.42 bits per heavy atom. The number of ether oxygens (including phenoxy) is 1. The van der Waals surface area contributed by atoms with Crippen LogP contribution in [0.3, 0.4) is 0 Å². The van der Waals surface area contributed by atoms with Crippen LogP contribution in [0.1, 0.15) is 75.0 Å². The van der Waals surface area contributed by atoms with E-state index in [0.717, 1.165) is 11.1 Å². The number of amides is 1. The molecule has 0 aromatic heterocycles. The Hall–Kier alpha value is -2.82. The van der Waals surface area contributed by atoms with Crippen molar-refractivity contribution in [1.29, 1.82) is 0 Å². The topological polar surface area (TPSA) is 66.8 Å². The van der Waals surface area contributed by atoms with Crippen LogP contribution in [0.15, 0.2) is 42.5 Å². The molecule has 0 bridgehead atoms. The summed E-state index contributed by atoms with van der Waals surface area (Å²) in [5, 5.41) is 10.4. The first kappa shape index (κ1) is 22.9. The van der Waals surface area contributed by atoms with E-state index in [0.29, 0.717) is 29.9 Å². The minimum atomic E-state index is -1.39. The van der Waals surface area contributed by atoms with Crippen LogP contribution in [0.2, 0.25) is 0 Å². The number of carbonyl (C=O) groups is 2. The molecule has 2 aromatic carbocycles. The lowest BCUT2D eigenvalue weighted by Gasteiger charge is -2.37. The number of benzene rings is 2. The first-order valence-electron chi connectivity index (χ1n) is 10.9. The summed E-state index contributed by atoms with van der Waals surface area (Å²) < 4.78 is 5.85. The van der Waals surface area contributed by atoms with Crippen LogP contribution in [0.4, 0.5) is 0 Å². The van der Waals surface area contributed by atoms with Crippen molar-refractivity contribution in [3.05, 3.63) is 64.7 Å². The summed E-state index contributed by atoms with van der Waals surface area (Å²) in [6.07, 6.45) is 0.342. The van der Waals surface area contributed by atoms with E-state index in [9.17, 15) is 14.7 Å². The van der Waals surface area contributed by atoms with Crippen molar-refractivity contribution in [3.63, 3.8) is 0 Å². The van der Waals surface area contributed by atoms with E-state index >= 15 is 0 Å². The molecule has 1 N–H and O–H groups in total. The molecule has 5 nitrogen and oxygen atoms in total. The van der Waals surface area contributed by atoms with Crippen LogP contribution >= 0.6 is 0 Å². The van der Waals surface area contributed by atoms with Crippen molar-refractivity contribution in [2.24, 2.45) is 5.92 Å². The Labute approximate surface area is 185 Å². The molecule has 1 aliphatic heterocycles. The van der Waals surface area contributed by atoms with Gasteiger partial charge in [-0.15, -0.1) is 0 Å². The summed E-state index contributed by atoms with van der Waals surface area (Å²) in [5.41, 5.74) is 1.55. The molecule has 0 aliphatic carbocycles. The number of carboxylic acids is 1. The summed E-state index contributed by atoms with van der Waals surface area (Å²) in [6.45, 7) is 12.9. The van der Waals surface area contributed by atoms with Crippen molar-refractivity contribution >= 4 is 11.9 Å². The molecule has 0 saturated carbocycles. The minimum Gasteiger partial charge on any atom is -0.493 e. The minimum absolute atomic E-state index is 0.0900. The van der Waals surface area contributed by atoms with Gasteiger partial charge in [-0.05, 0) is 53.5 Å². The Bertz CT molecular complexity index is 989. The molecule has 1 heterocycles. The summed E-state index contributed by atoms with van der Waals surface area (Å²) in [4.78, 5) is 28.1. The molecule has 2 aromatic rings. The van der Waals surface area contributed by atoms with E-state index < -0.39 is 11.5 Å². The molecule has 0 radical (unpaired) electrons. The Kier molecular flexibility index (Phi) is 6.17. The summed E-state index contributed by atoms with van der Waals surface area (Å²) in [7, 11) is 0. The molecular formula is C26H33NO4. The number of carboxylic acid groups (broad SMARTS) is 1. The molecule has 5 heteroatoms. The quantitative estimate of drug-likeness (QED) is 0.679. The van der Waals surface area contributed by atoms with Crippen molar-refractivity contribution in [2.45, 2.75) is 65.5 Å². The first-order valence-corrected chi connectivity index (χ1v) is 10.9. The lowest BCUT2D eigenvalue weighted by molar-refractivity contribution is -0.151. The molecule has 1 amide bonds. The number of carbonyl (C=O) groups excluding carboxylic acids is 1. The molecule has 3 rings (SSSR count). The lowest BCUT2D eigenvalue weighted by Crippen LogP contribution is -2.51. The highest BCUT2D eigenvalue weighted by Crippen LogP contribution is 2.45. The fraction of sp³-hybridized carbons (Fsp3) is 0.462. The predicted octanol–water partition coefficient (Wildman–Crippen LogP) is 5.36. The zero-order chi connectivity index (χ0) is 23.0. The molecule has 0 saturated heterocycles.